The fourth-order valence-corrected chi connectivity index (χ4v) is 8.69. The van der Waals surface area contributed by atoms with Crippen LogP contribution in [0.3, 0.4) is 0 Å². The summed E-state index contributed by atoms with van der Waals surface area (Å²) < 4.78 is 6.30. The number of hydrogen-bond acceptors (Lipinski definition) is 8. The lowest BCUT2D eigenvalue weighted by molar-refractivity contribution is -0.144. The average molecular weight is 777 g/mol. The Morgan fingerprint density at radius 1 is 0.600 bits per heavy atom. The lowest BCUT2D eigenvalue weighted by Crippen LogP contribution is -2.29. The Bertz CT molecular complexity index is 1630. The molecule has 0 aromatic heterocycles. The van der Waals surface area contributed by atoms with E-state index in [-0.39, 0.29) is 30.2 Å². The molecule has 3 aromatic carbocycles. The topological polar surface area (TPSA) is 160 Å². The summed E-state index contributed by atoms with van der Waals surface area (Å²) in [7, 11) is 0. The van der Waals surface area contributed by atoms with Crippen LogP contribution in [0.2, 0.25) is 0 Å². The monoisotopic (exact) mass is 776 g/mol. The minimum absolute atomic E-state index is 0. The summed E-state index contributed by atoms with van der Waals surface area (Å²) in [5.74, 6) is -2.53. The van der Waals surface area contributed by atoms with Gasteiger partial charge in [-0.2, -0.15) is 0 Å². The van der Waals surface area contributed by atoms with E-state index in [0.29, 0.717) is 51.3 Å². The molecule has 6 atom stereocenters. The molecular weight excluding hydrogens is 720 g/mol. The molecule has 55 heavy (non-hydrogen) atoms. The maximum Gasteiger partial charge on any atom is 0.307 e. The molecule has 3 aliphatic rings. The van der Waals surface area contributed by atoms with Crippen molar-refractivity contribution in [1.29, 1.82) is 0 Å². The Labute approximate surface area is 330 Å². The SMILES string of the molecule is Cl.O=C(O)[C@@H](Cc1cccc(CN(CCOc2cccc(C[C@H](C(=O)O)[C@H]3CCNC3)c2)Cc2cccc(C[C@H](C(=O)O)[C@H]3CCNC3)c2)c1)[C@H]1CCNC1. The van der Waals surface area contributed by atoms with Crippen LogP contribution in [0.1, 0.15) is 47.1 Å². The third-order valence-corrected chi connectivity index (χ3v) is 11.7. The van der Waals surface area contributed by atoms with E-state index in [1.54, 1.807) is 0 Å². The summed E-state index contributed by atoms with van der Waals surface area (Å²) in [5.41, 5.74) is 5.13. The minimum Gasteiger partial charge on any atom is -0.492 e. The molecule has 3 aromatic rings. The molecule has 6 rings (SSSR count). The average Bonchev–Trinajstić information content (AvgIpc) is 3.97. The first kappa shape index (κ1) is 42.1. The van der Waals surface area contributed by atoms with Crippen LogP contribution in [0.4, 0.5) is 0 Å². The number of benzene rings is 3. The van der Waals surface area contributed by atoms with Gasteiger partial charge in [0.15, 0.2) is 0 Å². The van der Waals surface area contributed by atoms with E-state index in [9.17, 15) is 29.7 Å². The number of carbonyl (C=O) groups is 3. The van der Waals surface area contributed by atoms with Gasteiger partial charge in [-0.1, -0.05) is 60.7 Å². The number of carboxylic acids is 3. The van der Waals surface area contributed by atoms with Gasteiger partial charge in [-0.05, 0) is 135 Å². The normalized spacial score (nSPS) is 21.1. The third kappa shape index (κ3) is 12.2. The van der Waals surface area contributed by atoms with E-state index in [1.807, 2.05) is 48.5 Å². The molecule has 0 aliphatic carbocycles. The Morgan fingerprint density at radius 2 is 0.982 bits per heavy atom. The first-order valence-corrected chi connectivity index (χ1v) is 19.6. The number of ether oxygens (including phenoxy) is 1. The minimum atomic E-state index is -0.762. The molecule has 0 bridgehead atoms. The first-order chi connectivity index (χ1) is 26.2. The Kier molecular flexibility index (Phi) is 15.9. The molecular formula is C43H57ClN4O7. The predicted octanol–water partition coefficient (Wildman–Crippen LogP) is 4.75. The number of hydrogen-bond donors (Lipinski definition) is 6. The van der Waals surface area contributed by atoms with E-state index in [4.69, 9.17) is 4.74 Å². The summed E-state index contributed by atoms with van der Waals surface area (Å²) in [5, 5.41) is 40.0. The second kappa shape index (κ2) is 20.8. The molecule has 0 spiro atoms. The molecule has 0 radical (unpaired) electrons. The van der Waals surface area contributed by atoms with Crippen molar-refractivity contribution in [3.8, 4) is 5.75 Å². The lowest BCUT2D eigenvalue weighted by atomic mass is 9.86. The number of rotatable bonds is 20. The molecule has 0 unspecified atom stereocenters. The maximum atomic E-state index is 12.2. The second-order valence-electron chi connectivity index (χ2n) is 15.6. The van der Waals surface area contributed by atoms with Crippen LogP contribution in [0.25, 0.3) is 0 Å². The van der Waals surface area contributed by atoms with Gasteiger partial charge in [0.25, 0.3) is 0 Å². The molecule has 0 amide bonds. The molecule has 3 heterocycles. The van der Waals surface area contributed by atoms with Gasteiger partial charge in [0.2, 0.25) is 0 Å². The second-order valence-corrected chi connectivity index (χ2v) is 15.6. The van der Waals surface area contributed by atoms with Gasteiger partial charge in [-0.15, -0.1) is 12.4 Å². The van der Waals surface area contributed by atoms with E-state index in [1.165, 1.54) is 0 Å². The molecule has 3 aliphatic heterocycles. The molecule has 6 N–H and O–H groups in total. The van der Waals surface area contributed by atoms with Gasteiger partial charge in [-0.3, -0.25) is 19.3 Å². The smallest absolute Gasteiger partial charge is 0.307 e. The van der Waals surface area contributed by atoms with E-state index < -0.39 is 35.7 Å². The largest absolute Gasteiger partial charge is 0.492 e. The fourth-order valence-electron chi connectivity index (χ4n) is 8.69. The summed E-state index contributed by atoms with van der Waals surface area (Å²) in [6, 6.07) is 24.2. The number of nitrogens with zero attached hydrogens (tertiary/aromatic N) is 1. The molecule has 3 saturated heterocycles. The lowest BCUT2D eigenvalue weighted by Gasteiger charge is -2.24. The zero-order valence-corrected chi connectivity index (χ0v) is 32.4. The first-order valence-electron chi connectivity index (χ1n) is 19.6. The predicted molar refractivity (Wildman–Crippen MR) is 214 cm³/mol. The summed E-state index contributed by atoms with van der Waals surface area (Å²) in [6.45, 7) is 6.99. The number of carboxylic acid groups (broad SMARTS) is 3. The van der Waals surface area contributed by atoms with Crippen molar-refractivity contribution in [3.05, 3.63) is 101 Å². The Morgan fingerprint density at radius 3 is 1.36 bits per heavy atom. The molecule has 3 fully saturated rings. The van der Waals surface area contributed by atoms with Gasteiger partial charge in [0.1, 0.15) is 12.4 Å². The quantitative estimate of drug-likeness (QED) is 0.0941. The van der Waals surface area contributed by atoms with E-state index >= 15 is 0 Å². The van der Waals surface area contributed by atoms with E-state index in [0.717, 1.165) is 86.3 Å². The summed E-state index contributed by atoms with van der Waals surface area (Å²) in [4.78, 5) is 38.9. The maximum absolute atomic E-state index is 12.2. The number of halogens is 1. The third-order valence-electron chi connectivity index (χ3n) is 11.7. The van der Waals surface area contributed by atoms with E-state index in [2.05, 4.69) is 45.1 Å². The van der Waals surface area contributed by atoms with Crippen LogP contribution in [0, 0.1) is 35.5 Å². The van der Waals surface area contributed by atoms with Crippen LogP contribution in [-0.4, -0.2) is 90.5 Å². The number of nitrogens with one attached hydrogen (secondary N) is 3. The van der Waals surface area contributed by atoms with Crippen molar-refractivity contribution in [2.45, 2.75) is 51.6 Å². The van der Waals surface area contributed by atoms with Crippen LogP contribution in [0.5, 0.6) is 5.75 Å². The highest BCUT2D eigenvalue weighted by atomic mass is 35.5. The fraction of sp³-hybridized carbons (Fsp3) is 0.512. The highest BCUT2D eigenvalue weighted by molar-refractivity contribution is 5.85. The molecule has 11 nitrogen and oxygen atoms in total. The zero-order chi connectivity index (χ0) is 37.9. The van der Waals surface area contributed by atoms with Crippen molar-refractivity contribution >= 4 is 30.3 Å². The van der Waals surface area contributed by atoms with Gasteiger partial charge in [-0.25, -0.2) is 0 Å². The molecule has 298 valence electrons. The molecule has 12 heteroatoms. The Hall–Kier alpha value is -4.00. The highest BCUT2D eigenvalue weighted by Gasteiger charge is 2.33. The van der Waals surface area contributed by atoms with Gasteiger partial charge < -0.3 is 36.0 Å². The van der Waals surface area contributed by atoms with Crippen molar-refractivity contribution < 1.29 is 34.4 Å². The van der Waals surface area contributed by atoms with Crippen molar-refractivity contribution in [3.63, 3.8) is 0 Å². The molecule has 0 saturated carbocycles. The summed E-state index contributed by atoms with van der Waals surface area (Å²) in [6.07, 6.45) is 4.03. The van der Waals surface area contributed by atoms with Gasteiger partial charge >= 0.3 is 17.9 Å². The van der Waals surface area contributed by atoms with Crippen molar-refractivity contribution in [2.75, 3.05) is 52.4 Å². The van der Waals surface area contributed by atoms with Gasteiger partial charge in [0, 0.05) is 19.6 Å². The van der Waals surface area contributed by atoms with Gasteiger partial charge in [0.05, 0.1) is 17.8 Å². The van der Waals surface area contributed by atoms with Crippen molar-refractivity contribution in [2.24, 2.45) is 35.5 Å². The van der Waals surface area contributed by atoms with Crippen LogP contribution >= 0.6 is 12.4 Å². The standard InChI is InChI=1S/C43H56N4O7.ClH/c48-41(49)38(34-10-13-44-24-34)21-29-4-1-7-32(18-29)27-47(28-33-8-2-5-30(19-33)22-39(42(50)51)35-11-14-45-25-35)16-17-54-37-9-3-6-31(20-37)23-40(43(52)53)36-12-15-46-26-36;/h1-9,18-20,34-36,38-40,44-46H,10-17,21-28H2,(H,48,49)(H,50,51)(H,52,53);1H/t34-,35-,36-,38-,39-,40-;/m0./s1. The van der Waals surface area contributed by atoms with Crippen LogP contribution in [0.15, 0.2) is 72.8 Å². The summed E-state index contributed by atoms with van der Waals surface area (Å²) >= 11 is 0. The number of aliphatic carboxylic acids is 3. The Balaban J connectivity index is 0.00000580. The zero-order valence-electron chi connectivity index (χ0n) is 31.5. The highest BCUT2D eigenvalue weighted by Crippen LogP contribution is 2.28. The van der Waals surface area contributed by atoms with Crippen LogP contribution in [-0.2, 0) is 46.7 Å². The van der Waals surface area contributed by atoms with Crippen molar-refractivity contribution in [1.82, 2.24) is 20.9 Å². The van der Waals surface area contributed by atoms with Crippen LogP contribution < -0.4 is 20.7 Å².